The lowest BCUT2D eigenvalue weighted by molar-refractivity contribution is -0.148. The molecule has 0 saturated carbocycles. The monoisotopic (exact) mass is 444 g/mol. The molecule has 0 unspecified atom stereocenters. The van der Waals surface area contributed by atoms with Gasteiger partial charge in [0.25, 0.3) is 0 Å². The zero-order chi connectivity index (χ0) is 22.2. The fraction of sp³-hybridized carbons (Fsp3) is 0.348. The maximum Gasteiger partial charge on any atom is 0.309 e. The molecule has 1 aromatic heterocycles. The highest BCUT2D eigenvalue weighted by molar-refractivity contribution is 6.30. The number of hydrogen-bond donors (Lipinski definition) is 1. The van der Waals surface area contributed by atoms with Crippen molar-refractivity contribution in [2.24, 2.45) is 11.7 Å². The molecule has 2 aromatic carbocycles. The van der Waals surface area contributed by atoms with Crippen LogP contribution in [0.1, 0.15) is 25.3 Å². The van der Waals surface area contributed by atoms with E-state index in [1.165, 1.54) is 12.1 Å². The van der Waals surface area contributed by atoms with Gasteiger partial charge in [-0.1, -0.05) is 35.9 Å². The zero-order valence-electron chi connectivity index (χ0n) is 17.4. The largest absolute Gasteiger partial charge is 0.466 e. The maximum atomic E-state index is 14.1. The molecule has 6 nitrogen and oxygen atoms in total. The second kappa shape index (κ2) is 11.0. The lowest BCUT2D eigenvalue weighted by Crippen LogP contribution is -2.31. The summed E-state index contributed by atoms with van der Waals surface area (Å²) in [5.74, 6) is -0.907. The summed E-state index contributed by atoms with van der Waals surface area (Å²) in [6.07, 6.45) is 4.83. The van der Waals surface area contributed by atoms with E-state index in [4.69, 9.17) is 22.1 Å². The Kier molecular flexibility index (Phi) is 8.14. The fourth-order valence-electron chi connectivity index (χ4n) is 3.51. The van der Waals surface area contributed by atoms with Crippen molar-refractivity contribution < 1.29 is 13.9 Å². The number of benzene rings is 2. The molecule has 1 heterocycles. The van der Waals surface area contributed by atoms with Crippen molar-refractivity contribution in [2.75, 3.05) is 6.61 Å². The smallest absolute Gasteiger partial charge is 0.309 e. The van der Waals surface area contributed by atoms with Crippen molar-refractivity contribution in [3.05, 3.63) is 71.3 Å². The predicted molar refractivity (Wildman–Crippen MR) is 118 cm³/mol. The first-order valence-electron chi connectivity index (χ1n) is 10.3. The van der Waals surface area contributed by atoms with Crippen LogP contribution in [-0.2, 0) is 22.5 Å². The van der Waals surface area contributed by atoms with Gasteiger partial charge in [-0.05, 0) is 55.5 Å². The van der Waals surface area contributed by atoms with Gasteiger partial charge in [-0.15, -0.1) is 0 Å². The molecule has 0 amide bonds. The molecule has 3 aromatic rings. The summed E-state index contributed by atoms with van der Waals surface area (Å²) in [6, 6.07) is 11.8. The maximum absolute atomic E-state index is 14.1. The third-order valence-electron chi connectivity index (χ3n) is 5.04. The van der Waals surface area contributed by atoms with E-state index >= 15 is 0 Å². The average molecular weight is 445 g/mol. The van der Waals surface area contributed by atoms with Crippen LogP contribution in [0.5, 0.6) is 0 Å². The van der Waals surface area contributed by atoms with Gasteiger partial charge in [0.15, 0.2) is 0 Å². The lowest BCUT2D eigenvalue weighted by atomic mass is 9.92. The number of aromatic nitrogens is 3. The Morgan fingerprint density at radius 2 is 1.90 bits per heavy atom. The van der Waals surface area contributed by atoms with E-state index in [1.807, 2.05) is 24.3 Å². The molecule has 0 fully saturated rings. The normalized spacial score (nSPS) is 13.0. The molecule has 0 radical (unpaired) electrons. The van der Waals surface area contributed by atoms with Crippen LogP contribution in [-0.4, -0.2) is 33.6 Å². The van der Waals surface area contributed by atoms with E-state index in [1.54, 1.807) is 30.2 Å². The Morgan fingerprint density at radius 3 is 2.58 bits per heavy atom. The molecule has 0 spiro atoms. The fourth-order valence-corrected chi connectivity index (χ4v) is 3.68. The van der Waals surface area contributed by atoms with Gasteiger partial charge < -0.3 is 10.5 Å². The van der Waals surface area contributed by atoms with Gasteiger partial charge in [0.05, 0.1) is 31.5 Å². The van der Waals surface area contributed by atoms with Crippen LogP contribution in [0, 0.1) is 11.7 Å². The Balaban J connectivity index is 1.62. The van der Waals surface area contributed by atoms with Crippen molar-refractivity contribution in [2.45, 2.75) is 38.8 Å². The molecule has 0 aliphatic carbocycles. The van der Waals surface area contributed by atoms with Crippen LogP contribution in [0.4, 0.5) is 4.39 Å². The van der Waals surface area contributed by atoms with Crippen LogP contribution >= 0.6 is 11.6 Å². The summed E-state index contributed by atoms with van der Waals surface area (Å²) in [5, 5.41) is 8.63. The molecular weight excluding hydrogens is 419 g/mol. The van der Waals surface area contributed by atoms with Crippen molar-refractivity contribution in [3.63, 3.8) is 0 Å². The zero-order valence-corrected chi connectivity index (χ0v) is 18.1. The minimum absolute atomic E-state index is 0.228. The highest BCUT2D eigenvalue weighted by Crippen LogP contribution is 2.26. The third-order valence-corrected chi connectivity index (χ3v) is 5.28. The quantitative estimate of drug-likeness (QED) is 0.472. The van der Waals surface area contributed by atoms with Crippen molar-refractivity contribution in [3.8, 4) is 11.1 Å². The number of ether oxygens (including phenoxy) is 1. The summed E-state index contributed by atoms with van der Waals surface area (Å²) in [6.45, 7) is 2.63. The van der Waals surface area contributed by atoms with Crippen molar-refractivity contribution >= 4 is 17.6 Å². The first-order valence-corrected chi connectivity index (χ1v) is 10.6. The van der Waals surface area contributed by atoms with Gasteiger partial charge in [0.1, 0.15) is 5.82 Å². The van der Waals surface area contributed by atoms with Gasteiger partial charge in [-0.25, -0.2) is 4.39 Å². The molecule has 0 aliphatic heterocycles. The van der Waals surface area contributed by atoms with E-state index in [0.29, 0.717) is 43.0 Å². The highest BCUT2D eigenvalue weighted by Gasteiger charge is 2.23. The van der Waals surface area contributed by atoms with Crippen LogP contribution in [0.25, 0.3) is 11.1 Å². The van der Waals surface area contributed by atoms with Crippen LogP contribution in [0.15, 0.2) is 54.9 Å². The number of nitrogens with zero attached hydrogens (tertiary/aromatic N) is 3. The number of nitrogens with two attached hydrogens (primary N) is 1. The van der Waals surface area contributed by atoms with Crippen LogP contribution in [0.2, 0.25) is 5.02 Å². The van der Waals surface area contributed by atoms with E-state index < -0.39 is 0 Å². The summed E-state index contributed by atoms with van der Waals surface area (Å²) in [7, 11) is 0. The van der Waals surface area contributed by atoms with Crippen molar-refractivity contribution in [1.82, 2.24) is 15.0 Å². The van der Waals surface area contributed by atoms with Gasteiger partial charge >= 0.3 is 5.97 Å². The molecule has 0 aliphatic rings. The molecule has 2 N–H and O–H groups in total. The Labute approximate surface area is 186 Å². The van der Waals surface area contributed by atoms with Gasteiger partial charge in [0.2, 0.25) is 0 Å². The Morgan fingerprint density at radius 1 is 1.19 bits per heavy atom. The van der Waals surface area contributed by atoms with E-state index in [0.717, 1.165) is 11.1 Å². The van der Waals surface area contributed by atoms with Gasteiger partial charge in [-0.2, -0.15) is 15.0 Å². The van der Waals surface area contributed by atoms with Crippen LogP contribution < -0.4 is 5.73 Å². The predicted octanol–water partition coefficient (Wildman–Crippen LogP) is 4.27. The number of esters is 1. The number of carbonyl (C=O) groups is 1. The second-order valence-corrected chi connectivity index (χ2v) is 7.82. The van der Waals surface area contributed by atoms with Gasteiger partial charge in [-0.3, -0.25) is 4.79 Å². The Bertz CT molecular complexity index is 980. The SMILES string of the molecule is CCOC(=O)[C@H](CCn1nccn1)C[C@H](N)Cc1ccc(-c2cc(Cl)ccc2F)cc1. The summed E-state index contributed by atoms with van der Waals surface area (Å²) < 4.78 is 19.3. The number of halogens is 2. The summed E-state index contributed by atoms with van der Waals surface area (Å²) in [5.41, 5.74) is 8.57. The van der Waals surface area contributed by atoms with E-state index in [9.17, 15) is 9.18 Å². The van der Waals surface area contributed by atoms with Crippen LogP contribution in [0.3, 0.4) is 0 Å². The topological polar surface area (TPSA) is 83.0 Å². The minimum Gasteiger partial charge on any atom is -0.466 e. The number of carbonyl (C=O) groups excluding carboxylic acids is 1. The summed E-state index contributed by atoms with van der Waals surface area (Å²) in [4.78, 5) is 13.9. The van der Waals surface area contributed by atoms with E-state index in [-0.39, 0.29) is 23.7 Å². The molecule has 3 rings (SSSR count). The van der Waals surface area contributed by atoms with Gasteiger partial charge in [0, 0.05) is 16.6 Å². The number of aryl methyl sites for hydroxylation is 1. The second-order valence-electron chi connectivity index (χ2n) is 7.38. The first-order chi connectivity index (χ1) is 15.0. The van der Waals surface area contributed by atoms with Crippen molar-refractivity contribution in [1.29, 1.82) is 0 Å². The summed E-state index contributed by atoms with van der Waals surface area (Å²) >= 11 is 5.99. The molecule has 8 heteroatoms. The minimum atomic E-state index is -0.333. The molecule has 31 heavy (non-hydrogen) atoms. The molecule has 2 atom stereocenters. The molecule has 164 valence electrons. The third kappa shape index (κ3) is 6.60. The molecule has 0 saturated heterocycles. The average Bonchev–Trinajstić information content (AvgIpc) is 3.27. The first kappa shape index (κ1) is 22.9. The number of hydrogen-bond acceptors (Lipinski definition) is 5. The Hall–Kier alpha value is -2.77. The highest BCUT2D eigenvalue weighted by atomic mass is 35.5. The molecular formula is C23H26ClFN4O2. The lowest BCUT2D eigenvalue weighted by Gasteiger charge is -2.20. The molecule has 0 bridgehead atoms. The van der Waals surface area contributed by atoms with E-state index in [2.05, 4.69) is 10.2 Å². The number of rotatable bonds is 10. The standard InChI is InChI=1S/C23H26ClFN4O2/c1-2-31-23(30)18(9-12-29-27-10-11-28-29)14-20(26)13-16-3-5-17(6-4-16)21-15-19(24)7-8-22(21)25/h3-8,10-11,15,18,20H,2,9,12-14,26H2,1H3/t18-,20-/m1/s1.